The summed E-state index contributed by atoms with van der Waals surface area (Å²) in [5.41, 5.74) is 5.82. The normalized spacial score (nSPS) is 8.89. The van der Waals surface area contributed by atoms with Crippen molar-refractivity contribution in [3.05, 3.63) is 54.0 Å². The number of aromatic nitrogens is 1. The Morgan fingerprint density at radius 1 is 1.11 bits per heavy atom. The Hall–Kier alpha value is -1.85. The van der Waals surface area contributed by atoms with Gasteiger partial charge in [0.1, 0.15) is 17.4 Å². The Kier molecular flexibility index (Phi) is 6.82. The van der Waals surface area contributed by atoms with Crippen molar-refractivity contribution in [1.82, 2.24) is 4.98 Å². The van der Waals surface area contributed by atoms with Crippen molar-refractivity contribution < 1.29 is 9.13 Å². The Morgan fingerprint density at radius 3 is 2.21 bits per heavy atom. The highest BCUT2D eigenvalue weighted by Gasteiger charge is 2.01. The molecule has 7 heteroatoms. The molecule has 19 heavy (non-hydrogen) atoms. The van der Waals surface area contributed by atoms with Crippen LogP contribution >= 0.6 is 24.8 Å². The van der Waals surface area contributed by atoms with E-state index < -0.39 is 0 Å². The lowest BCUT2D eigenvalue weighted by molar-refractivity contribution is 0.461. The van der Waals surface area contributed by atoms with Crippen molar-refractivity contribution in [1.29, 1.82) is 5.41 Å². The highest BCUT2D eigenvalue weighted by Crippen LogP contribution is 2.19. The standard InChI is InChI=1S/C12H10FN3O.2ClH/c13-9-2-4-10(5-3-9)17-11-6-1-8(7-16-11)12(14)15;;/h1-7H,(H3,14,15);2*1H. The quantitative estimate of drug-likeness (QED) is 0.676. The molecule has 0 atom stereocenters. The van der Waals surface area contributed by atoms with E-state index >= 15 is 0 Å². The molecular formula is C12H12Cl2FN3O. The molecule has 0 unspecified atom stereocenters. The van der Waals surface area contributed by atoms with Gasteiger partial charge in [-0.05, 0) is 30.3 Å². The van der Waals surface area contributed by atoms with E-state index in [1.165, 1.54) is 30.5 Å². The van der Waals surface area contributed by atoms with E-state index in [1.54, 1.807) is 12.1 Å². The van der Waals surface area contributed by atoms with Gasteiger partial charge in [0.25, 0.3) is 0 Å². The van der Waals surface area contributed by atoms with Crippen LogP contribution in [0.4, 0.5) is 4.39 Å². The van der Waals surface area contributed by atoms with Gasteiger partial charge in [-0.3, -0.25) is 5.41 Å². The second-order valence-corrected chi connectivity index (χ2v) is 3.35. The molecule has 0 saturated carbocycles. The Morgan fingerprint density at radius 2 is 1.74 bits per heavy atom. The lowest BCUT2D eigenvalue weighted by Gasteiger charge is -2.04. The van der Waals surface area contributed by atoms with E-state index in [2.05, 4.69) is 4.98 Å². The summed E-state index contributed by atoms with van der Waals surface area (Å²) in [6, 6.07) is 8.86. The second kappa shape index (κ2) is 7.56. The summed E-state index contributed by atoms with van der Waals surface area (Å²) < 4.78 is 18.0. The second-order valence-electron chi connectivity index (χ2n) is 3.35. The first-order chi connectivity index (χ1) is 8.15. The molecule has 2 rings (SSSR count). The van der Waals surface area contributed by atoms with Crippen molar-refractivity contribution in [2.75, 3.05) is 0 Å². The van der Waals surface area contributed by atoms with Gasteiger partial charge in [-0.15, -0.1) is 24.8 Å². The van der Waals surface area contributed by atoms with Crippen LogP contribution in [0.3, 0.4) is 0 Å². The number of benzene rings is 1. The lowest BCUT2D eigenvalue weighted by atomic mass is 10.3. The average Bonchev–Trinajstić information content (AvgIpc) is 2.33. The third-order valence-electron chi connectivity index (χ3n) is 2.08. The molecule has 0 radical (unpaired) electrons. The predicted octanol–water partition coefficient (Wildman–Crippen LogP) is 3.14. The van der Waals surface area contributed by atoms with Crippen LogP contribution in [0.5, 0.6) is 11.6 Å². The van der Waals surface area contributed by atoms with Gasteiger partial charge in [0, 0.05) is 17.8 Å². The van der Waals surface area contributed by atoms with E-state index in [4.69, 9.17) is 15.9 Å². The molecule has 0 aliphatic heterocycles. The van der Waals surface area contributed by atoms with E-state index in [1.807, 2.05) is 0 Å². The zero-order valence-corrected chi connectivity index (χ0v) is 11.3. The van der Waals surface area contributed by atoms with Gasteiger partial charge < -0.3 is 10.5 Å². The topological polar surface area (TPSA) is 72.0 Å². The van der Waals surface area contributed by atoms with Crippen LogP contribution in [0.2, 0.25) is 0 Å². The molecule has 102 valence electrons. The first-order valence-corrected chi connectivity index (χ1v) is 4.89. The van der Waals surface area contributed by atoms with Gasteiger partial charge in [-0.2, -0.15) is 0 Å². The number of hydrogen-bond acceptors (Lipinski definition) is 3. The zero-order valence-electron chi connectivity index (χ0n) is 9.67. The molecule has 4 nitrogen and oxygen atoms in total. The molecule has 0 aliphatic carbocycles. The van der Waals surface area contributed by atoms with Gasteiger partial charge >= 0.3 is 0 Å². The number of amidine groups is 1. The number of pyridine rings is 1. The summed E-state index contributed by atoms with van der Waals surface area (Å²) in [6.45, 7) is 0. The van der Waals surface area contributed by atoms with Crippen LogP contribution < -0.4 is 10.5 Å². The fourth-order valence-corrected chi connectivity index (χ4v) is 1.22. The van der Waals surface area contributed by atoms with Gasteiger partial charge in [-0.1, -0.05) is 0 Å². The molecule has 0 fully saturated rings. The third-order valence-corrected chi connectivity index (χ3v) is 2.08. The summed E-state index contributed by atoms with van der Waals surface area (Å²) in [4.78, 5) is 3.98. The van der Waals surface area contributed by atoms with Gasteiger partial charge in [0.2, 0.25) is 5.88 Å². The number of nitrogens with zero attached hydrogens (tertiary/aromatic N) is 1. The summed E-state index contributed by atoms with van der Waals surface area (Å²) in [6.07, 6.45) is 1.45. The van der Waals surface area contributed by atoms with Crippen LogP contribution in [-0.4, -0.2) is 10.8 Å². The molecule has 0 aliphatic rings. The summed E-state index contributed by atoms with van der Waals surface area (Å²) >= 11 is 0. The van der Waals surface area contributed by atoms with Crippen LogP contribution in [-0.2, 0) is 0 Å². The molecule has 2 aromatic rings. The highest BCUT2D eigenvalue weighted by molar-refractivity contribution is 5.94. The molecule has 0 saturated heterocycles. The van der Waals surface area contributed by atoms with Crippen LogP contribution in [0, 0.1) is 11.2 Å². The van der Waals surface area contributed by atoms with Crippen LogP contribution in [0.1, 0.15) is 5.56 Å². The van der Waals surface area contributed by atoms with E-state index in [-0.39, 0.29) is 36.5 Å². The third kappa shape index (κ3) is 4.73. The number of nitrogen functional groups attached to an aromatic ring is 1. The number of nitrogens with two attached hydrogens (primary N) is 1. The number of rotatable bonds is 3. The minimum Gasteiger partial charge on any atom is -0.439 e. The van der Waals surface area contributed by atoms with Gasteiger partial charge in [0.15, 0.2) is 0 Å². The number of hydrogen-bond donors (Lipinski definition) is 2. The van der Waals surface area contributed by atoms with Crippen molar-refractivity contribution in [3.8, 4) is 11.6 Å². The lowest BCUT2D eigenvalue weighted by Crippen LogP contribution is -2.11. The average molecular weight is 304 g/mol. The summed E-state index contributed by atoms with van der Waals surface area (Å²) in [5, 5.41) is 7.21. The van der Waals surface area contributed by atoms with E-state index in [0.717, 1.165) is 0 Å². The monoisotopic (exact) mass is 303 g/mol. The van der Waals surface area contributed by atoms with Crippen molar-refractivity contribution in [3.63, 3.8) is 0 Å². The molecule has 1 aromatic heterocycles. The number of ether oxygens (including phenoxy) is 1. The molecule has 1 aromatic carbocycles. The van der Waals surface area contributed by atoms with Gasteiger partial charge in [-0.25, -0.2) is 9.37 Å². The predicted molar refractivity (Wildman–Crippen MR) is 76.2 cm³/mol. The Balaban J connectivity index is 0.00000162. The molecule has 0 amide bonds. The Labute approximate surface area is 122 Å². The van der Waals surface area contributed by atoms with Crippen LogP contribution in [0.25, 0.3) is 0 Å². The summed E-state index contributed by atoms with van der Waals surface area (Å²) in [5.74, 6) is 0.485. The Bertz CT molecular complexity index is 532. The summed E-state index contributed by atoms with van der Waals surface area (Å²) in [7, 11) is 0. The van der Waals surface area contributed by atoms with Crippen molar-refractivity contribution >= 4 is 30.6 Å². The maximum atomic E-state index is 12.7. The molecule has 3 N–H and O–H groups in total. The van der Waals surface area contributed by atoms with Crippen molar-refractivity contribution in [2.24, 2.45) is 5.73 Å². The van der Waals surface area contributed by atoms with E-state index in [0.29, 0.717) is 17.2 Å². The molecular weight excluding hydrogens is 292 g/mol. The van der Waals surface area contributed by atoms with Crippen LogP contribution in [0.15, 0.2) is 42.6 Å². The first kappa shape index (κ1) is 17.2. The van der Waals surface area contributed by atoms with E-state index in [9.17, 15) is 4.39 Å². The molecule has 0 spiro atoms. The fourth-order valence-electron chi connectivity index (χ4n) is 1.22. The first-order valence-electron chi connectivity index (χ1n) is 4.89. The highest BCUT2D eigenvalue weighted by atomic mass is 35.5. The molecule has 1 heterocycles. The maximum absolute atomic E-state index is 12.7. The number of halogens is 3. The minimum absolute atomic E-state index is 0. The fraction of sp³-hybridized carbons (Fsp3) is 0. The maximum Gasteiger partial charge on any atom is 0.219 e. The smallest absolute Gasteiger partial charge is 0.219 e. The number of nitrogens with one attached hydrogen (secondary N) is 1. The zero-order chi connectivity index (χ0) is 12.3. The minimum atomic E-state index is -0.322. The largest absolute Gasteiger partial charge is 0.439 e. The van der Waals surface area contributed by atoms with Gasteiger partial charge in [0.05, 0.1) is 0 Å². The SMILES string of the molecule is Cl.Cl.N=C(N)c1ccc(Oc2ccc(F)cc2)nc1. The molecule has 0 bridgehead atoms. The van der Waals surface area contributed by atoms with Crippen molar-refractivity contribution in [2.45, 2.75) is 0 Å².